The predicted molar refractivity (Wildman–Crippen MR) is 60.4 cm³/mol. The average molecular weight is 207 g/mol. The smallest absolute Gasteiger partial charge is 0.126 e. The second kappa shape index (κ2) is 3.93. The third-order valence-electron chi connectivity index (χ3n) is 3.74. The van der Waals surface area contributed by atoms with E-state index in [4.69, 9.17) is 5.73 Å². The van der Waals surface area contributed by atoms with Crippen molar-refractivity contribution in [1.29, 1.82) is 0 Å². The van der Waals surface area contributed by atoms with Gasteiger partial charge in [-0.1, -0.05) is 25.5 Å². The van der Waals surface area contributed by atoms with Crippen molar-refractivity contribution in [2.45, 2.75) is 38.0 Å². The molecule has 0 atom stereocenters. The van der Waals surface area contributed by atoms with Crippen LogP contribution in [0.25, 0.3) is 0 Å². The molecule has 0 heterocycles. The van der Waals surface area contributed by atoms with Crippen molar-refractivity contribution < 1.29 is 4.39 Å². The molecule has 0 bridgehead atoms. The molecule has 0 aliphatic heterocycles. The third-order valence-corrected chi connectivity index (χ3v) is 3.74. The zero-order valence-corrected chi connectivity index (χ0v) is 9.22. The highest BCUT2D eigenvalue weighted by molar-refractivity contribution is 5.33. The average Bonchev–Trinajstić information content (AvgIpc) is 2.19. The molecule has 1 aliphatic rings. The molecule has 0 spiro atoms. The van der Waals surface area contributed by atoms with E-state index in [2.05, 4.69) is 0 Å². The maximum atomic E-state index is 13.4. The number of benzene rings is 1. The van der Waals surface area contributed by atoms with Gasteiger partial charge >= 0.3 is 0 Å². The van der Waals surface area contributed by atoms with Gasteiger partial charge in [-0.25, -0.2) is 4.39 Å². The van der Waals surface area contributed by atoms with Crippen molar-refractivity contribution in [3.8, 4) is 0 Å². The Balaban J connectivity index is 2.36. The molecule has 2 N–H and O–H groups in total. The normalized spacial score (nSPS) is 18.6. The monoisotopic (exact) mass is 207 g/mol. The molecule has 0 radical (unpaired) electrons. The minimum Gasteiger partial charge on any atom is -0.330 e. The van der Waals surface area contributed by atoms with Gasteiger partial charge in [-0.2, -0.15) is 0 Å². The molecule has 15 heavy (non-hydrogen) atoms. The molecular formula is C13H18FN. The van der Waals surface area contributed by atoms with E-state index in [1.807, 2.05) is 19.1 Å². The Morgan fingerprint density at radius 1 is 1.40 bits per heavy atom. The van der Waals surface area contributed by atoms with Crippen LogP contribution in [0.2, 0.25) is 0 Å². The molecule has 2 heteroatoms. The number of hydrogen-bond donors (Lipinski definition) is 1. The topological polar surface area (TPSA) is 26.0 Å². The van der Waals surface area contributed by atoms with Crippen LogP contribution in [0.4, 0.5) is 4.39 Å². The van der Waals surface area contributed by atoms with Crippen molar-refractivity contribution in [1.82, 2.24) is 0 Å². The van der Waals surface area contributed by atoms with Crippen LogP contribution in [0, 0.1) is 5.82 Å². The SMILES string of the molecule is CCc1cc(C2(CN)CCC2)ccc1F. The second-order valence-corrected chi connectivity index (χ2v) is 4.50. The summed E-state index contributed by atoms with van der Waals surface area (Å²) >= 11 is 0. The number of hydrogen-bond acceptors (Lipinski definition) is 1. The van der Waals surface area contributed by atoms with Crippen LogP contribution in [0.5, 0.6) is 0 Å². The first kappa shape index (κ1) is 10.6. The lowest BCUT2D eigenvalue weighted by atomic mass is 9.64. The van der Waals surface area contributed by atoms with Crippen LogP contribution in [-0.2, 0) is 11.8 Å². The number of rotatable bonds is 3. The van der Waals surface area contributed by atoms with Gasteiger partial charge in [-0.05, 0) is 36.5 Å². The summed E-state index contributed by atoms with van der Waals surface area (Å²) in [5, 5.41) is 0. The zero-order valence-electron chi connectivity index (χ0n) is 9.22. The van der Waals surface area contributed by atoms with Gasteiger partial charge in [0, 0.05) is 12.0 Å². The van der Waals surface area contributed by atoms with Crippen molar-refractivity contribution in [2.24, 2.45) is 5.73 Å². The van der Waals surface area contributed by atoms with E-state index in [0.717, 1.165) is 24.8 Å². The maximum absolute atomic E-state index is 13.4. The van der Waals surface area contributed by atoms with E-state index in [9.17, 15) is 4.39 Å². The molecule has 82 valence electrons. The van der Waals surface area contributed by atoms with Gasteiger partial charge in [0.25, 0.3) is 0 Å². The summed E-state index contributed by atoms with van der Waals surface area (Å²) in [5.41, 5.74) is 8.03. The van der Waals surface area contributed by atoms with Gasteiger partial charge in [0.15, 0.2) is 0 Å². The van der Waals surface area contributed by atoms with Gasteiger partial charge < -0.3 is 5.73 Å². The first-order valence-electron chi connectivity index (χ1n) is 5.71. The summed E-state index contributed by atoms with van der Waals surface area (Å²) < 4.78 is 13.4. The molecule has 1 fully saturated rings. The fraction of sp³-hybridized carbons (Fsp3) is 0.538. The van der Waals surface area contributed by atoms with E-state index in [1.54, 1.807) is 6.07 Å². The van der Waals surface area contributed by atoms with Crippen LogP contribution >= 0.6 is 0 Å². The molecule has 0 saturated heterocycles. The lowest BCUT2D eigenvalue weighted by molar-refractivity contribution is 0.252. The minimum absolute atomic E-state index is 0.0901. The Labute approximate surface area is 90.5 Å². The highest BCUT2D eigenvalue weighted by Gasteiger charge is 2.37. The van der Waals surface area contributed by atoms with E-state index in [1.165, 1.54) is 12.0 Å². The fourth-order valence-corrected chi connectivity index (χ4v) is 2.39. The van der Waals surface area contributed by atoms with E-state index < -0.39 is 0 Å². The summed E-state index contributed by atoms with van der Waals surface area (Å²) in [6.45, 7) is 2.67. The first-order valence-corrected chi connectivity index (χ1v) is 5.71. The Hall–Kier alpha value is -0.890. The summed E-state index contributed by atoms with van der Waals surface area (Å²) in [6.07, 6.45) is 4.30. The lowest BCUT2D eigenvalue weighted by Gasteiger charge is -2.41. The molecule has 0 amide bonds. The fourth-order valence-electron chi connectivity index (χ4n) is 2.39. The second-order valence-electron chi connectivity index (χ2n) is 4.50. The highest BCUT2D eigenvalue weighted by Crippen LogP contribution is 2.43. The van der Waals surface area contributed by atoms with Gasteiger partial charge in [-0.3, -0.25) is 0 Å². The van der Waals surface area contributed by atoms with Crippen molar-refractivity contribution in [2.75, 3.05) is 6.54 Å². The van der Waals surface area contributed by atoms with Crippen molar-refractivity contribution >= 4 is 0 Å². The largest absolute Gasteiger partial charge is 0.330 e. The first-order chi connectivity index (χ1) is 7.22. The van der Waals surface area contributed by atoms with Crippen LogP contribution < -0.4 is 5.73 Å². The third kappa shape index (κ3) is 1.67. The summed E-state index contributed by atoms with van der Waals surface area (Å²) in [5.74, 6) is -0.0901. The Morgan fingerprint density at radius 3 is 2.60 bits per heavy atom. The molecule has 2 rings (SSSR count). The zero-order chi connectivity index (χ0) is 10.9. The quantitative estimate of drug-likeness (QED) is 0.810. The molecular weight excluding hydrogens is 189 g/mol. The summed E-state index contributed by atoms with van der Waals surface area (Å²) in [6, 6.07) is 5.49. The van der Waals surface area contributed by atoms with Gasteiger partial charge in [0.1, 0.15) is 5.82 Å². The van der Waals surface area contributed by atoms with Gasteiger partial charge in [0.05, 0.1) is 0 Å². The molecule has 1 nitrogen and oxygen atoms in total. The minimum atomic E-state index is -0.0901. The number of halogens is 1. The predicted octanol–water partition coefficient (Wildman–Crippen LogP) is 2.77. The molecule has 1 aromatic rings. The lowest BCUT2D eigenvalue weighted by Crippen LogP contribution is -2.41. The summed E-state index contributed by atoms with van der Waals surface area (Å²) in [4.78, 5) is 0. The molecule has 1 saturated carbocycles. The van der Waals surface area contributed by atoms with E-state index in [0.29, 0.717) is 6.54 Å². The molecule has 0 unspecified atom stereocenters. The number of aryl methyl sites for hydroxylation is 1. The van der Waals surface area contributed by atoms with Crippen molar-refractivity contribution in [3.05, 3.63) is 35.1 Å². The standard InChI is InChI=1S/C13H18FN/c1-2-10-8-11(4-5-12(10)14)13(9-15)6-3-7-13/h4-5,8H,2-3,6-7,9,15H2,1H3. The number of nitrogens with two attached hydrogens (primary N) is 1. The van der Waals surface area contributed by atoms with Crippen LogP contribution in [0.3, 0.4) is 0 Å². The Kier molecular flexibility index (Phi) is 2.79. The Bertz CT molecular complexity index is 350. The van der Waals surface area contributed by atoms with Crippen molar-refractivity contribution in [3.63, 3.8) is 0 Å². The van der Waals surface area contributed by atoms with E-state index in [-0.39, 0.29) is 11.2 Å². The Morgan fingerprint density at radius 2 is 2.13 bits per heavy atom. The van der Waals surface area contributed by atoms with Crippen LogP contribution in [0.15, 0.2) is 18.2 Å². The maximum Gasteiger partial charge on any atom is 0.126 e. The van der Waals surface area contributed by atoms with Crippen LogP contribution in [-0.4, -0.2) is 6.54 Å². The molecule has 1 aliphatic carbocycles. The van der Waals surface area contributed by atoms with Gasteiger partial charge in [0.2, 0.25) is 0 Å². The molecule has 0 aromatic heterocycles. The molecule has 1 aromatic carbocycles. The van der Waals surface area contributed by atoms with Crippen LogP contribution in [0.1, 0.15) is 37.3 Å². The summed E-state index contributed by atoms with van der Waals surface area (Å²) in [7, 11) is 0. The highest BCUT2D eigenvalue weighted by atomic mass is 19.1. The van der Waals surface area contributed by atoms with E-state index >= 15 is 0 Å². The van der Waals surface area contributed by atoms with Gasteiger partial charge in [-0.15, -0.1) is 0 Å².